The minimum atomic E-state index is -3.95. The summed E-state index contributed by atoms with van der Waals surface area (Å²) in [7, 11) is -2.58. The first-order chi connectivity index (χ1) is 26.7. The molecule has 6 aromatic rings. The minimum absolute atomic E-state index is 0.0186. The molecule has 1 unspecified atom stereocenters. The number of nitrogens with zero attached hydrogens (tertiary/aromatic N) is 6. The van der Waals surface area contributed by atoms with Crippen LogP contribution < -0.4 is 15.6 Å². The van der Waals surface area contributed by atoms with Crippen molar-refractivity contribution in [2.75, 3.05) is 11.0 Å². The lowest BCUT2D eigenvalue weighted by Gasteiger charge is -2.24. The van der Waals surface area contributed by atoms with Gasteiger partial charge in [-0.15, -0.1) is 0 Å². The van der Waals surface area contributed by atoms with Gasteiger partial charge in [0, 0.05) is 31.0 Å². The number of benzene rings is 3. The second-order valence-corrected chi connectivity index (χ2v) is 16.3. The largest absolute Gasteiger partial charge is 0.344 e. The first-order valence-electron chi connectivity index (χ1n) is 16.8. The number of alkyl halides is 4. The summed E-state index contributed by atoms with van der Waals surface area (Å²) in [6.45, 7) is -1.03. The van der Waals surface area contributed by atoms with Crippen molar-refractivity contribution < 1.29 is 43.9 Å². The molecule has 0 aliphatic heterocycles. The number of anilines is 1. The van der Waals surface area contributed by atoms with Gasteiger partial charge in [-0.05, 0) is 54.3 Å². The zero-order chi connectivity index (χ0) is 41.0. The fraction of sp³-hybridized carbons (Fsp3) is 0.286. The summed E-state index contributed by atoms with van der Waals surface area (Å²) in [6, 6.07) is 5.63. The summed E-state index contributed by atoms with van der Waals surface area (Å²) in [5.74, 6) is -10.7. The minimum Gasteiger partial charge on any atom is -0.344 e. The maximum atomic E-state index is 15.7. The molecule has 1 amide bonds. The third-order valence-electron chi connectivity index (χ3n) is 9.86. The van der Waals surface area contributed by atoms with Crippen LogP contribution in [0.4, 0.5) is 36.6 Å². The topological polar surface area (TPSA) is 146 Å². The highest BCUT2D eigenvalue weighted by atomic mass is 35.5. The molecule has 3 heterocycles. The molecule has 2 N–H and O–H groups in total. The van der Waals surface area contributed by atoms with Crippen molar-refractivity contribution in [3.05, 3.63) is 109 Å². The number of nitrogens with one attached hydrogen (secondary N) is 2. The molecule has 3 aromatic heterocycles. The maximum absolute atomic E-state index is 15.7. The van der Waals surface area contributed by atoms with Crippen molar-refractivity contribution in [2.45, 2.75) is 43.7 Å². The fourth-order valence-electron chi connectivity index (χ4n) is 7.60. The summed E-state index contributed by atoms with van der Waals surface area (Å²) in [5, 5.41) is 9.23. The standard InChI is InChI=1S/C35H25Cl2F7N8O4S/c1-50-29-22(6-4-18(36)25(29)32(48-50)49-57(2,55)56)52-33(46-20-5-3-19(37)27(40)26(20)34(52)54)21(9-13-7-14(38)10-15(39)8-13)45-23(53)12-51-30-24(28(47-51)31(41)42)16-11-17(16)35(30,43)44/h3-8,10,16-17,21,31H,9,11-12H2,1-2H3,(H,45,53)(H,48,49)/t16-,17+,21?/m0/s1. The monoisotopic (exact) mass is 856 g/mol. The summed E-state index contributed by atoms with van der Waals surface area (Å²) < 4.78 is 133. The predicted molar refractivity (Wildman–Crippen MR) is 193 cm³/mol. The molecule has 2 aliphatic rings. The van der Waals surface area contributed by atoms with Crippen molar-refractivity contribution in [3.8, 4) is 5.69 Å². The van der Waals surface area contributed by atoms with Crippen LogP contribution in [0.1, 0.15) is 53.1 Å². The van der Waals surface area contributed by atoms with Crippen molar-refractivity contribution in [2.24, 2.45) is 13.0 Å². The second kappa shape index (κ2) is 13.4. The number of amides is 1. The third-order valence-corrected chi connectivity index (χ3v) is 11.0. The number of rotatable bonds is 10. The Kier molecular flexibility index (Phi) is 9.11. The average molecular weight is 858 g/mol. The van der Waals surface area contributed by atoms with Gasteiger partial charge in [0.25, 0.3) is 17.9 Å². The van der Waals surface area contributed by atoms with E-state index in [0.29, 0.717) is 10.7 Å². The summed E-state index contributed by atoms with van der Waals surface area (Å²) in [4.78, 5) is 33.0. The SMILES string of the molecule is Cn1nc(NS(C)(=O)=O)c2c(Cl)ccc(-n3c(C(Cc4cc(F)cc(F)c4)NC(=O)Cn4nc(C(F)F)c5c4C(F)(F)[C@@H]4C[C@H]54)nc4ccc(Cl)c(F)c4c3=O)c21. The molecule has 0 spiro atoms. The van der Waals surface area contributed by atoms with Crippen LogP contribution in [0.3, 0.4) is 0 Å². The Labute approximate surface area is 326 Å². The van der Waals surface area contributed by atoms with Gasteiger partial charge in [-0.3, -0.25) is 28.2 Å². The Morgan fingerprint density at radius 1 is 1.02 bits per heavy atom. The van der Waals surface area contributed by atoms with Crippen LogP contribution in [0, 0.1) is 23.4 Å². The normalized spacial score (nSPS) is 17.6. The Morgan fingerprint density at radius 3 is 2.37 bits per heavy atom. The van der Waals surface area contributed by atoms with E-state index in [9.17, 15) is 35.6 Å². The molecular formula is C35H25Cl2F7N8O4S. The maximum Gasteiger partial charge on any atom is 0.293 e. The molecule has 2 aliphatic carbocycles. The quantitative estimate of drug-likeness (QED) is 0.144. The Balaban J connectivity index is 1.34. The van der Waals surface area contributed by atoms with Crippen molar-refractivity contribution in [3.63, 3.8) is 0 Å². The van der Waals surface area contributed by atoms with E-state index in [2.05, 4.69) is 25.2 Å². The molecule has 3 atom stereocenters. The summed E-state index contributed by atoms with van der Waals surface area (Å²) in [6.07, 6.45) is -2.94. The number of fused-ring (bicyclic) bond motifs is 5. The van der Waals surface area contributed by atoms with Crippen LogP contribution in [0.15, 0.2) is 47.3 Å². The predicted octanol–water partition coefficient (Wildman–Crippen LogP) is 6.81. The van der Waals surface area contributed by atoms with Gasteiger partial charge in [0.15, 0.2) is 11.6 Å². The Hall–Kier alpha value is -5.21. The lowest BCUT2D eigenvalue weighted by molar-refractivity contribution is -0.123. The number of carbonyl (C=O) groups excluding carboxylic acids is 1. The Morgan fingerprint density at radius 2 is 1.70 bits per heavy atom. The second-order valence-electron chi connectivity index (χ2n) is 13.8. The van der Waals surface area contributed by atoms with Crippen LogP contribution in [0.2, 0.25) is 10.0 Å². The van der Waals surface area contributed by atoms with Crippen LogP contribution in [0.25, 0.3) is 27.5 Å². The number of halogens is 9. The van der Waals surface area contributed by atoms with Gasteiger partial charge in [-0.25, -0.2) is 35.4 Å². The Bertz CT molecular complexity index is 2860. The molecule has 0 saturated heterocycles. The van der Waals surface area contributed by atoms with Crippen LogP contribution >= 0.6 is 23.2 Å². The first-order valence-corrected chi connectivity index (χ1v) is 19.4. The molecule has 1 saturated carbocycles. The van der Waals surface area contributed by atoms with Gasteiger partial charge in [-0.2, -0.15) is 19.0 Å². The molecule has 3 aromatic carbocycles. The van der Waals surface area contributed by atoms with E-state index in [1.54, 1.807) is 0 Å². The molecule has 12 nitrogen and oxygen atoms in total. The zero-order valence-corrected chi connectivity index (χ0v) is 31.4. The number of hydrogen-bond donors (Lipinski definition) is 2. The number of aryl methyl sites for hydroxylation is 1. The smallest absolute Gasteiger partial charge is 0.293 e. The highest BCUT2D eigenvalue weighted by Gasteiger charge is 2.67. The van der Waals surface area contributed by atoms with Gasteiger partial charge in [0.2, 0.25) is 15.9 Å². The van der Waals surface area contributed by atoms with Gasteiger partial charge >= 0.3 is 0 Å². The lowest BCUT2D eigenvalue weighted by Crippen LogP contribution is -2.38. The van der Waals surface area contributed by atoms with Gasteiger partial charge in [0.1, 0.15) is 40.8 Å². The highest BCUT2D eigenvalue weighted by Crippen LogP contribution is 2.68. The zero-order valence-electron chi connectivity index (χ0n) is 29.1. The van der Waals surface area contributed by atoms with Crippen molar-refractivity contribution in [1.82, 2.24) is 34.4 Å². The van der Waals surface area contributed by atoms with E-state index in [4.69, 9.17) is 23.2 Å². The van der Waals surface area contributed by atoms with E-state index >= 15 is 13.2 Å². The molecule has 298 valence electrons. The highest BCUT2D eigenvalue weighted by molar-refractivity contribution is 7.92. The first kappa shape index (κ1) is 38.7. The molecule has 22 heteroatoms. The number of sulfonamides is 1. The number of aromatic nitrogens is 6. The number of hydrogen-bond acceptors (Lipinski definition) is 7. The van der Waals surface area contributed by atoms with Crippen molar-refractivity contribution >= 4 is 66.8 Å². The van der Waals surface area contributed by atoms with E-state index in [0.717, 1.165) is 33.7 Å². The number of carbonyl (C=O) groups is 1. The molecule has 1 fully saturated rings. The third kappa shape index (κ3) is 6.56. The van der Waals surface area contributed by atoms with Gasteiger partial charge in [0.05, 0.1) is 44.4 Å². The molecule has 8 rings (SSSR count). The van der Waals surface area contributed by atoms with Crippen LogP contribution in [-0.2, 0) is 40.8 Å². The average Bonchev–Trinajstić information content (AvgIpc) is 3.64. The summed E-state index contributed by atoms with van der Waals surface area (Å²) in [5.41, 5.74) is -3.74. The summed E-state index contributed by atoms with van der Waals surface area (Å²) >= 11 is 12.6. The molecule has 0 bridgehead atoms. The molecule has 0 radical (unpaired) electrons. The van der Waals surface area contributed by atoms with E-state index < -0.39 is 110 Å². The van der Waals surface area contributed by atoms with E-state index in [1.807, 2.05) is 0 Å². The van der Waals surface area contributed by atoms with Crippen LogP contribution in [0.5, 0.6) is 0 Å². The van der Waals surface area contributed by atoms with Gasteiger partial charge in [-0.1, -0.05) is 23.2 Å². The van der Waals surface area contributed by atoms with Crippen molar-refractivity contribution in [1.29, 1.82) is 0 Å². The lowest BCUT2D eigenvalue weighted by atomic mass is 10.0. The van der Waals surface area contributed by atoms with Crippen LogP contribution in [-0.4, -0.2) is 49.7 Å². The fourth-order valence-corrected chi connectivity index (χ4v) is 8.50. The van der Waals surface area contributed by atoms with E-state index in [-0.39, 0.29) is 50.5 Å². The molecular weight excluding hydrogens is 832 g/mol. The van der Waals surface area contributed by atoms with E-state index in [1.165, 1.54) is 25.2 Å². The molecule has 57 heavy (non-hydrogen) atoms. The van der Waals surface area contributed by atoms with Gasteiger partial charge < -0.3 is 5.32 Å².